The topological polar surface area (TPSA) is 44.5 Å². The average Bonchev–Trinajstić information content (AvgIpc) is 2.17. The lowest BCUT2D eigenvalue weighted by atomic mass is 10.0. The Morgan fingerprint density at radius 3 is 2.27 bits per heavy atom. The fourth-order valence-electron chi connectivity index (χ4n) is 1.65. The highest BCUT2D eigenvalue weighted by molar-refractivity contribution is 5.46. The third-order valence-corrected chi connectivity index (χ3v) is 2.34. The molecule has 2 N–H and O–H groups in total. The highest BCUT2D eigenvalue weighted by Gasteiger charge is 2.09. The highest BCUT2D eigenvalue weighted by Crippen LogP contribution is 2.29. The molecule has 3 nitrogen and oxygen atoms in total. The molecule has 0 aromatic heterocycles. The normalized spacial score (nSPS) is 12.3. The largest absolute Gasteiger partial charge is 0.496 e. The van der Waals surface area contributed by atoms with Crippen LogP contribution in [0.1, 0.15) is 18.1 Å². The Hall–Kier alpha value is -1.22. The molecule has 1 aromatic rings. The van der Waals surface area contributed by atoms with Crippen molar-refractivity contribution >= 4 is 0 Å². The van der Waals surface area contributed by atoms with Gasteiger partial charge in [-0.1, -0.05) is 0 Å². The van der Waals surface area contributed by atoms with Gasteiger partial charge in [-0.25, -0.2) is 0 Å². The molecule has 1 rings (SSSR count). The molecule has 0 heterocycles. The van der Waals surface area contributed by atoms with Crippen LogP contribution in [0.4, 0.5) is 0 Å². The molecule has 1 aromatic carbocycles. The Morgan fingerprint density at radius 1 is 1.20 bits per heavy atom. The Balaban J connectivity index is 3.09. The summed E-state index contributed by atoms with van der Waals surface area (Å²) in [6, 6.07) is 4.11. The summed E-state index contributed by atoms with van der Waals surface area (Å²) in [4.78, 5) is 0. The number of ether oxygens (including phenoxy) is 2. The van der Waals surface area contributed by atoms with E-state index in [0.29, 0.717) is 0 Å². The molecule has 0 spiro atoms. The van der Waals surface area contributed by atoms with E-state index in [1.165, 1.54) is 0 Å². The molecule has 0 saturated carbocycles. The maximum atomic E-state index is 5.78. The number of nitrogens with two attached hydrogens (primary N) is 1. The molecule has 0 aliphatic carbocycles. The van der Waals surface area contributed by atoms with Crippen LogP contribution in [-0.2, 0) is 6.42 Å². The van der Waals surface area contributed by atoms with E-state index >= 15 is 0 Å². The monoisotopic (exact) mass is 209 g/mol. The second-order valence-electron chi connectivity index (χ2n) is 3.82. The molecule has 0 amide bonds. The van der Waals surface area contributed by atoms with Crippen LogP contribution in [0.25, 0.3) is 0 Å². The number of hydrogen-bond donors (Lipinski definition) is 1. The summed E-state index contributed by atoms with van der Waals surface area (Å²) >= 11 is 0. The Bertz CT molecular complexity index is 335. The SMILES string of the molecule is COc1cc(OC)c(C[C@@H](C)N)cc1C. The Labute approximate surface area is 91.2 Å². The van der Waals surface area contributed by atoms with Crippen molar-refractivity contribution in [1.29, 1.82) is 0 Å². The lowest BCUT2D eigenvalue weighted by Gasteiger charge is -2.14. The van der Waals surface area contributed by atoms with E-state index in [1.54, 1.807) is 14.2 Å². The Kier molecular flexibility index (Phi) is 3.97. The maximum absolute atomic E-state index is 5.78. The molecule has 0 fully saturated rings. The van der Waals surface area contributed by atoms with E-state index in [2.05, 4.69) is 6.07 Å². The van der Waals surface area contributed by atoms with E-state index in [-0.39, 0.29) is 6.04 Å². The van der Waals surface area contributed by atoms with Crippen molar-refractivity contribution in [1.82, 2.24) is 0 Å². The van der Waals surface area contributed by atoms with E-state index in [4.69, 9.17) is 15.2 Å². The third kappa shape index (κ3) is 2.86. The second-order valence-corrected chi connectivity index (χ2v) is 3.82. The van der Waals surface area contributed by atoms with Crippen molar-refractivity contribution in [2.75, 3.05) is 14.2 Å². The van der Waals surface area contributed by atoms with Gasteiger partial charge in [0.2, 0.25) is 0 Å². The standard InChI is InChI=1S/C12H19NO2/c1-8-5-10(6-9(2)13)12(15-4)7-11(8)14-3/h5,7,9H,6,13H2,1-4H3/t9-/m1/s1. The van der Waals surface area contributed by atoms with Gasteiger partial charge < -0.3 is 15.2 Å². The number of hydrogen-bond acceptors (Lipinski definition) is 3. The molecule has 0 unspecified atom stereocenters. The first kappa shape index (κ1) is 11.9. The number of benzene rings is 1. The first-order valence-electron chi connectivity index (χ1n) is 5.05. The van der Waals surface area contributed by atoms with Gasteiger partial charge in [-0.15, -0.1) is 0 Å². The molecule has 84 valence electrons. The highest BCUT2D eigenvalue weighted by atomic mass is 16.5. The Morgan fingerprint density at radius 2 is 1.80 bits per heavy atom. The number of aryl methyl sites for hydroxylation is 1. The summed E-state index contributed by atoms with van der Waals surface area (Å²) in [6.45, 7) is 4.00. The second kappa shape index (κ2) is 5.03. The van der Waals surface area contributed by atoms with Crippen LogP contribution in [0.3, 0.4) is 0 Å². The molecule has 0 bridgehead atoms. The zero-order chi connectivity index (χ0) is 11.4. The molecule has 1 atom stereocenters. The summed E-state index contributed by atoms with van der Waals surface area (Å²) in [6.07, 6.45) is 0.813. The fraction of sp³-hybridized carbons (Fsp3) is 0.500. The lowest BCUT2D eigenvalue weighted by molar-refractivity contribution is 0.388. The number of methoxy groups -OCH3 is 2. The van der Waals surface area contributed by atoms with E-state index < -0.39 is 0 Å². The maximum Gasteiger partial charge on any atom is 0.125 e. The van der Waals surface area contributed by atoms with Gasteiger partial charge in [0.15, 0.2) is 0 Å². The molecule has 0 aliphatic heterocycles. The van der Waals surface area contributed by atoms with Crippen LogP contribution >= 0.6 is 0 Å². The van der Waals surface area contributed by atoms with Crippen LogP contribution in [0.15, 0.2) is 12.1 Å². The first-order chi connectivity index (χ1) is 7.08. The molecule has 0 aliphatic rings. The molecular formula is C12H19NO2. The zero-order valence-corrected chi connectivity index (χ0v) is 9.83. The van der Waals surface area contributed by atoms with Crippen LogP contribution in [0, 0.1) is 6.92 Å². The van der Waals surface area contributed by atoms with Crippen LogP contribution in [0.2, 0.25) is 0 Å². The zero-order valence-electron chi connectivity index (χ0n) is 9.83. The summed E-state index contributed by atoms with van der Waals surface area (Å²) in [5.41, 5.74) is 8.02. The van der Waals surface area contributed by atoms with Crippen molar-refractivity contribution in [2.24, 2.45) is 5.73 Å². The van der Waals surface area contributed by atoms with Crippen molar-refractivity contribution < 1.29 is 9.47 Å². The van der Waals surface area contributed by atoms with Gasteiger partial charge in [0.1, 0.15) is 11.5 Å². The van der Waals surface area contributed by atoms with Gasteiger partial charge in [0, 0.05) is 12.1 Å². The lowest BCUT2D eigenvalue weighted by Crippen LogP contribution is -2.18. The van der Waals surface area contributed by atoms with E-state index in [0.717, 1.165) is 29.0 Å². The summed E-state index contributed by atoms with van der Waals surface area (Å²) < 4.78 is 10.5. The summed E-state index contributed by atoms with van der Waals surface area (Å²) in [7, 11) is 3.32. The predicted molar refractivity (Wildman–Crippen MR) is 61.6 cm³/mol. The van der Waals surface area contributed by atoms with Crippen LogP contribution in [-0.4, -0.2) is 20.3 Å². The van der Waals surface area contributed by atoms with Gasteiger partial charge in [0.25, 0.3) is 0 Å². The molecule has 3 heteroatoms. The smallest absolute Gasteiger partial charge is 0.125 e. The van der Waals surface area contributed by atoms with E-state index in [9.17, 15) is 0 Å². The van der Waals surface area contributed by atoms with Crippen LogP contribution in [0.5, 0.6) is 11.5 Å². The minimum atomic E-state index is 0.131. The van der Waals surface area contributed by atoms with Crippen molar-refractivity contribution in [3.63, 3.8) is 0 Å². The third-order valence-electron chi connectivity index (χ3n) is 2.34. The van der Waals surface area contributed by atoms with Crippen LogP contribution < -0.4 is 15.2 Å². The molecule has 0 saturated heterocycles. The molecule has 0 radical (unpaired) electrons. The van der Waals surface area contributed by atoms with Crippen molar-refractivity contribution in [2.45, 2.75) is 26.3 Å². The quantitative estimate of drug-likeness (QED) is 0.823. The molecule has 15 heavy (non-hydrogen) atoms. The molecular weight excluding hydrogens is 190 g/mol. The predicted octanol–water partition coefficient (Wildman–Crippen LogP) is 1.90. The van der Waals surface area contributed by atoms with Crippen molar-refractivity contribution in [3.05, 3.63) is 23.3 Å². The number of rotatable bonds is 4. The van der Waals surface area contributed by atoms with Gasteiger partial charge in [0.05, 0.1) is 14.2 Å². The van der Waals surface area contributed by atoms with Gasteiger partial charge in [-0.05, 0) is 37.5 Å². The van der Waals surface area contributed by atoms with Gasteiger partial charge >= 0.3 is 0 Å². The van der Waals surface area contributed by atoms with Gasteiger partial charge in [-0.2, -0.15) is 0 Å². The van der Waals surface area contributed by atoms with Gasteiger partial charge in [-0.3, -0.25) is 0 Å². The van der Waals surface area contributed by atoms with E-state index in [1.807, 2.05) is 19.9 Å². The van der Waals surface area contributed by atoms with Crippen molar-refractivity contribution in [3.8, 4) is 11.5 Å². The first-order valence-corrected chi connectivity index (χ1v) is 5.05. The minimum absolute atomic E-state index is 0.131. The average molecular weight is 209 g/mol. The fourth-order valence-corrected chi connectivity index (χ4v) is 1.65. The minimum Gasteiger partial charge on any atom is -0.496 e. The summed E-state index contributed by atoms with van der Waals surface area (Å²) in [5.74, 6) is 1.69. The summed E-state index contributed by atoms with van der Waals surface area (Å²) in [5, 5.41) is 0.